The van der Waals surface area contributed by atoms with E-state index in [2.05, 4.69) is 12.1 Å². The Balaban J connectivity index is 2.95. The van der Waals surface area contributed by atoms with E-state index in [0.29, 0.717) is 6.61 Å². The number of carbonyl (C=O) groups excluding carboxylic acids is 1. The summed E-state index contributed by atoms with van der Waals surface area (Å²) in [6.45, 7) is 4.23. The molecule has 3 heteroatoms. The van der Waals surface area contributed by atoms with Crippen LogP contribution in [0.4, 0.5) is 0 Å². The second-order valence-corrected chi connectivity index (χ2v) is 5.01. The van der Waals surface area contributed by atoms with Gasteiger partial charge in [-0.25, -0.2) is 0 Å². The van der Waals surface area contributed by atoms with Crippen molar-refractivity contribution in [1.29, 1.82) is 0 Å². The SMILES string of the molecule is CCOC(C)(C=O)C=C([SiH3])c1ccccc1. The van der Waals surface area contributed by atoms with Gasteiger partial charge in [-0.1, -0.05) is 35.5 Å². The molecule has 1 aromatic carbocycles. The van der Waals surface area contributed by atoms with Gasteiger partial charge < -0.3 is 4.74 Å². The Morgan fingerprint density at radius 3 is 2.56 bits per heavy atom. The maximum absolute atomic E-state index is 11.0. The molecule has 0 aliphatic heterocycles. The maximum Gasteiger partial charge on any atom is 0.155 e. The molecule has 0 saturated carbocycles. The van der Waals surface area contributed by atoms with E-state index in [1.54, 1.807) is 6.92 Å². The van der Waals surface area contributed by atoms with Gasteiger partial charge in [0.15, 0.2) is 6.29 Å². The molecular weight excluding hydrogens is 216 g/mol. The third kappa shape index (κ3) is 3.43. The zero-order valence-electron chi connectivity index (χ0n) is 10.1. The highest BCUT2D eigenvalue weighted by atomic mass is 28.1. The molecule has 0 bridgehead atoms. The van der Waals surface area contributed by atoms with Gasteiger partial charge in [0.05, 0.1) is 0 Å². The smallest absolute Gasteiger partial charge is 0.155 e. The van der Waals surface area contributed by atoms with Gasteiger partial charge in [-0.05, 0) is 25.5 Å². The Labute approximate surface area is 99.7 Å². The van der Waals surface area contributed by atoms with Crippen molar-refractivity contribution in [2.24, 2.45) is 0 Å². The van der Waals surface area contributed by atoms with Crippen LogP contribution in [0.15, 0.2) is 36.4 Å². The van der Waals surface area contributed by atoms with Crippen molar-refractivity contribution in [2.75, 3.05) is 6.61 Å². The van der Waals surface area contributed by atoms with Crippen molar-refractivity contribution in [2.45, 2.75) is 19.4 Å². The summed E-state index contributed by atoms with van der Waals surface area (Å²) in [6, 6.07) is 10.1. The molecule has 86 valence electrons. The van der Waals surface area contributed by atoms with Gasteiger partial charge in [0.2, 0.25) is 0 Å². The molecule has 0 aliphatic carbocycles. The van der Waals surface area contributed by atoms with Crippen LogP contribution in [-0.2, 0) is 9.53 Å². The summed E-state index contributed by atoms with van der Waals surface area (Å²) < 4.78 is 5.45. The number of hydrogen-bond acceptors (Lipinski definition) is 2. The van der Waals surface area contributed by atoms with E-state index in [-0.39, 0.29) is 0 Å². The number of rotatable bonds is 5. The molecule has 2 nitrogen and oxygen atoms in total. The molecule has 1 rings (SSSR count). The van der Waals surface area contributed by atoms with Crippen LogP contribution < -0.4 is 0 Å². The number of benzene rings is 1. The average molecular weight is 234 g/mol. The zero-order chi connectivity index (χ0) is 12.0. The maximum atomic E-state index is 11.0. The summed E-state index contributed by atoms with van der Waals surface area (Å²) >= 11 is 0. The number of aldehydes is 1. The molecule has 16 heavy (non-hydrogen) atoms. The second-order valence-electron chi connectivity index (χ2n) is 3.93. The molecule has 0 aromatic heterocycles. The average Bonchev–Trinajstić information content (AvgIpc) is 2.30. The van der Waals surface area contributed by atoms with Gasteiger partial charge in [-0.15, -0.1) is 0 Å². The summed E-state index contributed by atoms with van der Waals surface area (Å²) in [5, 5.41) is 1.18. The van der Waals surface area contributed by atoms with Crippen LogP contribution in [-0.4, -0.2) is 28.7 Å². The second kappa shape index (κ2) is 5.77. The monoisotopic (exact) mass is 234 g/mol. The lowest BCUT2D eigenvalue weighted by Gasteiger charge is -2.20. The summed E-state index contributed by atoms with van der Waals surface area (Å²) in [4.78, 5) is 11.0. The van der Waals surface area contributed by atoms with Crippen molar-refractivity contribution in [3.8, 4) is 0 Å². The fourth-order valence-corrected chi connectivity index (χ4v) is 2.54. The van der Waals surface area contributed by atoms with Gasteiger partial charge in [-0.2, -0.15) is 0 Å². The molecule has 0 N–H and O–H groups in total. The van der Waals surface area contributed by atoms with E-state index in [9.17, 15) is 4.79 Å². The highest BCUT2D eigenvalue weighted by molar-refractivity contribution is 6.42. The summed E-state index contributed by atoms with van der Waals surface area (Å²) in [5.41, 5.74) is 0.378. The Hall–Kier alpha value is -1.19. The predicted molar refractivity (Wildman–Crippen MR) is 70.5 cm³/mol. The number of ether oxygens (including phenoxy) is 1. The molecule has 0 radical (unpaired) electrons. The van der Waals surface area contributed by atoms with Crippen LogP contribution in [0.3, 0.4) is 0 Å². The molecular formula is C13H18O2Si. The highest BCUT2D eigenvalue weighted by Crippen LogP contribution is 2.17. The summed E-state index contributed by atoms with van der Waals surface area (Å²) in [7, 11) is 0.891. The quantitative estimate of drug-likeness (QED) is 0.568. The largest absolute Gasteiger partial charge is 0.364 e. The molecule has 0 aliphatic rings. The van der Waals surface area contributed by atoms with Gasteiger partial charge in [0.1, 0.15) is 5.60 Å². The van der Waals surface area contributed by atoms with Gasteiger partial charge in [0, 0.05) is 16.8 Å². The van der Waals surface area contributed by atoms with Gasteiger partial charge in [-0.3, -0.25) is 4.79 Å². The molecule has 1 unspecified atom stereocenters. The third-order valence-corrected chi connectivity index (χ3v) is 3.29. The van der Waals surface area contributed by atoms with Crippen LogP contribution in [0.5, 0.6) is 0 Å². The number of carbonyl (C=O) groups is 1. The highest BCUT2D eigenvalue weighted by Gasteiger charge is 2.20. The standard InChI is InChI=1S/C13H18O2Si/c1-3-15-13(2,10-14)9-12(16)11-7-5-4-6-8-11/h4-10H,3H2,1-2,16H3. The molecule has 1 atom stereocenters. The van der Waals surface area contributed by atoms with Crippen molar-refractivity contribution >= 4 is 21.7 Å². The number of hydrogen-bond donors (Lipinski definition) is 0. The summed E-state index contributed by atoms with van der Waals surface area (Å²) in [6.07, 6.45) is 2.78. The molecule has 0 saturated heterocycles. The van der Waals surface area contributed by atoms with E-state index in [1.165, 1.54) is 10.8 Å². The Morgan fingerprint density at radius 2 is 2.06 bits per heavy atom. The minimum Gasteiger partial charge on any atom is -0.364 e. The Morgan fingerprint density at radius 1 is 1.44 bits per heavy atom. The van der Waals surface area contributed by atoms with Crippen molar-refractivity contribution in [1.82, 2.24) is 0 Å². The molecule has 0 spiro atoms. The van der Waals surface area contributed by atoms with Crippen molar-refractivity contribution in [3.05, 3.63) is 42.0 Å². The first-order valence-electron chi connectivity index (χ1n) is 5.46. The van der Waals surface area contributed by atoms with Crippen molar-refractivity contribution in [3.63, 3.8) is 0 Å². The predicted octanol–water partition coefficient (Wildman–Crippen LogP) is 1.39. The van der Waals surface area contributed by atoms with E-state index in [1.807, 2.05) is 31.2 Å². The van der Waals surface area contributed by atoms with Crippen LogP contribution in [0.2, 0.25) is 0 Å². The van der Waals surface area contributed by atoms with Gasteiger partial charge in [0.25, 0.3) is 0 Å². The van der Waals surface area contributed by atoms with E-state index < -0.39 is 5.60 Å². The van der Waals surface area contributed by atoms with Gasteiger partial charge >= 0.3 is 0 Å². The summed E-state index contributed by atoms with van der Waals surface area (Å²) in [5.74, 6) is 0. The fraction of sp³-hybridized carbons (Fsp3) is 0.308. The normalized spacial score (nSPS) is 15.8. The van der Waals surface area contributed by atoms with Crippen LogP contribution in [0, 0.1) is 0 Å². The Kier molecular flexibility index (Phi) is 4.64. The van der Waals surface area contributed by atoms with E-state index >= 15 is 0 Å². The molecule has 0 heterocycles. The molecule has 1 aromatic rings. The lowest BCUT2D eigenvalue weighted by Crippen LogP contribution is -2.28. The van der Waals surface area contributed by atoms with E-state index in [0.717, 1.165) is 16.5 Å². The molecule has 0 fully saturated rings. The lowest BCUT2D eigenvalue weighted by atomic mass is 10.1. The van der Waals surface area contributed by atoms with Crippen LogP contribution >= 0.6 is 0 Å². The van der Waals surface area contributed by atoms with E-state index in [4.69, 9.17) is 4.74 Å². The lowest BCUT2D eigenvalue weighted by molar-refractivity contribution is -0.123. The Bertz CT molecular complexity index is 373. The minimum atomic E-state index is -0.790. The topological polar surface area (TPSA) is 26.3 Å². The zero-order valence-corrected chi connectivity index (χ0v) is 12.1. The minimum absolute atomic E-state index is 0.537. The molecule has 0 amide bonds. The fourth-order valence-electron chi connectivity index (χ4n) is 1.63. The van der Waals surface area contributed by atoms with Crippen LogP contribution in [0.25, 0.3) is 5.20 Å². The first-order chi connectivity index (χ1) is 7.61. The van der Waals surface area contributed by atoms with Crippen molar-refractivity contribution < 1.29 is 9.53 Å². The third-order valence-electron chi connectivity index (χ3n) is 2.42. The first-order valence-corrected chi connectivity index (χ1v) is 6.46. The first kappa shape index (κ1) is 12.9. The van der Waals surface area contributed by atoms with Crippen LogP contribution in [0.1, 0.15) is 19.4 Å².